The summed E-state index contributed by atoms with van der Waals surface area (Å²) in [7, 11) is 3.25. The van der Waals surface area contributed by atoms with Gasteiger partial charge in [-0.3, -0.25) is 0 Å². The van der Waals surface area contributed by atoms with Gasteiger partial charge in [-0.2, -0.15) is 0 Å². The number of hydrogen-bond donors (Lipinski definition) is 0. The predicted octanol–water partition coefficient (Wildman–Crippen LogP) is -0.235. The van der Waals surface area contributed by atoms with Crippen molar-refractivity contribution in [2.45, 2.75) is 6.54 Å². The molecule has 7 heteroatoms. The summed E-state index contributed by atoms with van der Waals surface area (Å²) in [6, 6.07) is 5.65. The van der Waals surface area contributed by atoms with E-state index in [1.54, 1.807) is 14.2 Å². The van der Waals surface area contributed by atoms with Gasteiger partial charge in [-0.15, -0.1) is 0 Å². The zero-order valence-corrected chi connectivity index (χ0v) is 11.4. The quantitative estimate of drug-likeness (QED) is 0.694. The van der Waals surface area contributed by atoms with E-state index in [-0.39, 0.29) is 18.9 Å². The van der Waals surface area contributed by atoms with Crippen LogP contribution in [0.25, 0.3) is 5.32 Å². The summed E-state index contributed by atoms with van der Waals surface area (Å²) in [4.78, 5) is 4.00. The average molecular weight is 257 g/mol. The Morgan fingerprint density at radius 2 is 2.11 bits per heavy atom. The van der Waals surface area contributed by atoms with Crippen molar-refractivity contribution in [3.05, 3.63) is 35.4 Å². The zero-order valence-electron chi connectivity index (χ0n) is 10.6. The molecule has 18 heavy (non-hydrogen) atoms. The van der Waals surface area contributed by atoms with Crippen molar-refractivity contribution < 1.29 is 28.3 Å². The van der Waals surface area contributed by atoms with Crippen LogP contribution in [-0.2, 0) is 6.54 Å². The molecule has 0 saturated carbocycles. The van der Waals surface area contributed by atoms with E-state index in [1.165, 1.54) is 17.9 Å². The molecular weight excluding hydrogens is 245 g/mol. The molecule has 0 fully saturated rings. The third kappa shape index (κ3) is 3.64. The van der Waals surface area contributed by atoms with Crippen LogP contribution in [0.2, 0.25) is 0 Å². The summed E-state index contributed by atoms with van der Waals surface area (Å²) in [5.41, 5.74) is 0.989. The van der Waals surface area contributed by atoms with Crippen LogP contribution in [0.3, 0.4) is 0 Å². The van der Waals surface area contributed by atoms with Gasteiger partial charge in [-0.05, 0) is 29.7 Å². The molecule has 0 N–H and O–H groups in total. The maximum Gasteiger partial charge on any atom is 1.00 e. The Morgan fingerprint density at radius 1 is 1.28 bits per heavy atom. The van der Waals surface area contributed by atoms with Crippen LogP contribution in [0, 0.1) is 0 Å². The van der Waals surface area contributed by atoms with Crippen molar-refractivity contribution >= 4 is 16.7 Å². The molecule has 0 aliphatic rings. The van der Waals surface area contributed by atoms with Crippen molar-refractivity contribution in [1.29, 1.82) is 0 Å². The van der Waals surface area contributed by atoms with Crippen LogP contribution in [0.15, 0.2) is 24.5 Å². The SMILES string of the molecule is COc1ccc(C[N-]c2ncns2)c(OC)c1.[Li+]. The van der Waals surface area contributed by atoms with Crippen LogP contribution in [-0.4, -0.2) is 23.6 Å². The standard InChI is InChI=1S/C11H12N3O2S.Li/c1-15-9-4-3-8(10(5-9)16-2)6-12-11-13-7-14-17-11;/h3-5,7H,6H2,1-2H3;/q-1;+1. The summed E-state index contributed by atoms with van der Waals surface area (Å²) in [5, 5.41) is 4.99. The molecule has 1 heterocycles. The van der Waals surface area contributed by atoms with Crippen LogP contribution >= 0.6 is 11.5 Å². The number of nitrogens with zero attached hydrogens (tertiary/aromatic N) is 3. The van der Waals surface area contributed by atoms with E-state index in [2.05, 4.69) is 14.7 Å². The van der Waals surface area contributed by atoms with Crippen LogP contribution in [0.1, 0.15) is 5.56 Å². The van der Waals surface area contributed by atoms with E-state index < -0.39 is 0 Å². The minimum atomic E-state index is 0. The number of rotatable bonds is 5. The first-order chi connectivity index (χ1) is 8.33. The molecule has 0 amide bonds. The summed E-state index contributed by atoms with van der Waals surface area (Å²) in [5.74, 6) is 1.53. The van der Waals surface area contributed by atoms with Gasteiger partial charge in [0.25, 0.3) is 0 Å². The Morgan fingerprint density at radius 3 is 2.72 bits per heavy atom. The maximum absolute atomic E-state index is 5.29. The van der Waals surface area contributed by atoms with Gasteiger partial charge in [0.1, 0.15) is 11.5 Å². The first kappa shape index (κ1) is 14.8. The molecule has 0 saturated heterocycles. The van der Waals surface area contributed by atoms with Crippen LogP contribution < -0.4 is 28.3 Å². The van der Waals surface area contributed by atoms with E-state index in [0.717, 1.165) is 17.1 Å². The Bertz CT molecular complexity index is 479. The average Bonchev–Trinajstić information content (AvgIpc) is 2.89. The third-order valence-electron chi connectivity index (χ3n) is 2.23. The van der Waals surface area contributed by atoms with Gasteiger partial charge in [0.15, 0.2) is 0 Å². The molecule has 0 bridgehead atoms. The van der Waals surface area contributed by atoms with Gasteiger partial charge >= 0.3 is 18.9 Å². The molecular formula is C11H12LiN3O2S. The summed E-state index contributed by atoms with van der Waals surface area (Å²) < 4.78 is 14.3. The molecule has 5 nitrogen and oxygen atoms in total. The molecule has 0 radical (unpaired) electrons. The molecule has 0 atom stereocenters. The molecule has 0 aliphatic carbocycles. The Hall–Kier alpha value is -1.22. The summed E-state index contributed by atoms with van der Waals surface area (Å²) in [6.07, 6.45) is 1.49. The smallest absolute Gasteiger partial charge is 0.497 e. The molecule has 2 rings (SSSR count). The van der Waals surface area contributed by atoms with Crippen molar-refractivity contribution in [2.24, 2.45) is 0 Å². The summed E-state index contributed by atoms with van der Waals surface area (Å²) in [6.45, 7) is 0.516. The first-order valence-electron chi connectivity index (χ1n) is 4.98. The molecule has 0 unspecified atom stereocenters. The largest absolute Gasteiger partial charge is 1.00 e. The fourth-order valence-electron chi connectivity index (χ4n) is 1.37. The fraction of sp³-hybridized carbons (Fsp3) is 0.273. The minimum absolute atomic E-state index is 0. The van der Waals surface area contributed by atoms with Crippen LogP contribution in [0.5, 0.6) is 11.5 Å². The second-order valence-corrected chi connectivity index (χ2v) is 3.98. The molecule has 2 aromatic rings. The molecule has 0 aliphatic heterocycles. The molecule has 1 aromatic carbocycles. The molecule has 90 valence electrons. The normalized spacial score (nSPS) is 9.44. The van der Waals surface area contributed by atoms with Crippen molar-refractivity contribution in [1.82, 2.24) is 9.36 Å². The third-order valence-corrected chi connectivity index (χ3v) is 2.83. The number of hydrogen-bond acceptors (Lipinski definition) is 5. The fourth-order valence-corrected chi connectivity index (χ4v) is 1.78. The van der Waals surface area contributed by atoms with Gasteiger partial charge < -0.3 is 19.8 Å². The monoisotopic (exact) mass is 257 g/mol. The Labute approximate surface area is 122 Å². The molecule has 1 aromatic heterocycles. The topological polar surface area (TPSA) is 58.3 Å². The van der Waals surface area contributed by atoms with Gasteiger partial charge in [0, 0.05) is 17.5 Å². The van der Waals surface area contributed by atoms with Crippen molar-refractivity contribution in [3.63, 3.8) is 0 Å². The van der Waals surface area contributed by atoms with Gasteiger partial charge in [0.05, 0.1) is 14.2 Å². The second-order valence-electron chi connectivity index (χ2n) is 3.22. The number of benzene rings is 1. The Balaban J connectivity index is 0.00000162. The van der Waals surface area contributed by atoms with E-state index in [9.17, 15) is 0 Å². The number of aromatic nitrogens is 2. The maximum atomic E-state index is 5.29. The van der Waals surface area contributed by atoms with E-state index >= 15 is 0 Å². The predicted molar refractivity (Wildman–Crippen MR) is 66.2 cm³/mol. The first-order valence-corrected chi connectivity index (χ1v) is 5.76. The van der Waals surface area contributed by atoms with E-state index in [1.807, 2.05) is 18.2 Å². The minimum Gasteiger partial charge on any atom is -0.497 e. The molecule has 0 spiro atoms. The van der Waals surface area contributed by atoms with Gasteiger partial charge in [-0.25, -0.2) is 4.37 Å². The summed E-state index contributed by atoms with van der Waals surface area (Å²) >= 11 is 1.27. The number of ether oxygens (including phenoxy) is 2. The second kappa shape index (κ2) is 7.26. The van der Waals surface area contributed by atoms with E-state index in [4.69, 9.17) is 9.47 Å². The van der Waals surface area contributed by atoms with E-state index in [0.29, 0.717) is 11.7 Å². The van der Waals surface area contributed by atoms with Crippen LogP contribution in [0.4, 0.5) is 5.13 Å². The van der Waals surface area contributed by atoms with Crippen molar-refractivity contribution in [3.8, 4) is 11.5 Å². The van der Waals surface area contributed by atoms with Gasteiger partial charge in [-0.1, -0.05) is 6.07 Å². The zero-order chi connectivity index (χ0) is 12.1. The van der Waals surface area contributed by atoms with Gasteiger partial charge in [0.2, 0.25) is 0 Å². The Kier molecular flexibility index (Phi) is 5.99. The number of methoxy groups -OCH3 is 2. The van der Waals surface area contributed by atoms with Crippen molar-refractivity contribution in [2.75, 3.05) is 14.2 Å².